The van der Waals surface area contributed by atoms with Gasteiger partial charge in [-0.25, -0.2) is 4.79 Å². The smallest absolute Gasteiger partial charge is 0.335 e. The standard InChI is InChI=1S/C16H17NO3/c1-2-8-20-14-10-12(16(18)19)9-13(17)15(14)11-6-4-3-5-7-11/h3-7,9-10H,2,8,17H2,1H3,(H,18,19). The third-order valence-electron chi connectivity index (χ3n) is 2.90. The largest absolute Gasteiger partial charge is 0.493 e. The summed E-state index contributed by atoms with van der Waals surface area (Å²) in [6.07, 6.45) is 0.839. The van der Waals surface area contributed by atoms with E-state index in [1.807, 2.05) is 37.3 Å². The van der Waals surface area contributed by atoms with E-state index >= 15 is 0 Å². The quantitative estimate of drug-likeness (QED) is 0.817. The normalized spacial score (nSPS) is 10.2. The summed E-state index contributed by atoms with van der Waals surface area (Å²) in [4.78, 5) is 11.1. The second kappa shape index (κ2) is 6.10. The van der Waals surface area contributed by atoms with E-state index in [9.17, 15) is 4.79 Å². The second-order valence-corrected chi connectivity index (χ2v) is 4.46. The maximum Gasteiger partial charge on any atom is 0.335 e. The predicted octanol–water partition coefficient (Wildman–Crippen LogP) is 3.42. The van der Waals surface area contributed by atoms with Crippen molar-refractivity contribution in [1.82, 2.24) is 0 Å². The molecule has 0 atom stereocenters. The van der Waals surface area contributed by atoms with Crippen LogP contribution < -0.4 is 10.5 Å². The van der Waals surface area contributed by atoms with Crippen LogP contribution in [0.2, 0.25) is 0 Å². The van der Waals surface area contributed by atoms with Crippen LogP contribution in [0.4, 0.5) is 5.69 Å². The van der Waals surface area contributed by atoms with E-state index in [0.717, 1.165) is 17.5 Å². The molecule has 0 aromatic heterocycles. The molecule has 2 aromatic rings. The lowest BCUT2D eigenvalue weighted by Gasteiger charge is -2.14. The van der Waals surface area contributed by atoms with Gasteiger partial charge in [-0.05, 0) is 24.1 Å². The summed E-state index contributed by atoms with van der Waals surface area (Å²) < 4.78 is 5.67. The van der Waals surface area contributed by atoms with Gasteiger partial charge in [0, 0.05) is 11.3 Å². The molecule has 0 unspecified atom stereocenters. The number of nitrogen functional groups attached to an aromatic ring is 1. The molecule has 0 radical (unpaired) electrons. The first-order chi connectivity index (χ1) is 9.63. The fourth-order valence-corrected chi connectivity index (χ4v) is 2.00. The number of hydrogen-bond donors (Lipinski definition) is 2. The molecule has 4 heteroatoms. The van der Waals surface area contributed by atoms with Crippen molar-refractivity contribution >= 4 is 11.7 Å². The number of aromatic carboxylic acids is 1. The summed E-state index contributed by atoms with van der Waals surface area (Å²) in [7, 11) is 0. The molecule has 0 aliphatic carbocycles. The van der Waals surface area contributed by atoms with Crippen LogP contribution in [0.25, 0.3) is 11.1 Å². The van der Waals surface area contributed by atoms with Crippen LogP contribution in [-0.4, -0.2) is 17.7 Å². The topological polar surface area (TPSA) is 72.5 Å². The Kier molecular flexibility index (Phi) is 4.25. The number of nitrogens with two attached hydrogens (primary N) is 1. The zero-order valence-corrected chi connectivity index (χ0v) is 11.3. The van der Waals surface area contributed by atoms with Gasteiger partial charge in [0.05, 0.1) is 12.2 Å². The Morgan fingerprint density at radius 3 is 2.55 bits per heavy atom. The summed E-state index contributed by atoms with van der Waals surface area (Å²) >= 11 is 0. The number of rotatable bonds is 5. The molecule has 0 aliphatic heterocycles. The minimum Gasteiger partial charge on any atom is -0.493 e. The fourth-order valence-electron chi connectivity index (χ4n) is 2.00. The summed E-state index contributed by atoms with van der Waals surface area (Å²) in [6, 6.07) is 12.6. The number of carbonyl (C=O) groups is 1. The van der Waals surface area contributed by atoms with Crippen molar-refractivity contribution in [2.24, 2.45) is 0 Å². The molecule has 0 saturated carbocycles. The number of hydrogen-bond acceptors (Lipinski definition) is 3. The molecule has 0 saturated heterocycles. The highest BCUT2D eigenvalue weighted by Gasteiger charge is 2.15. The molecule has 0 amide bonds. The average molecular weight is 271 g/mol. The number of benzene rings is 2. The van der Waals surface area contributed by atoms with Gasteiger partial charge in [0.15, 0.2) is 0 Å². The molecule has 0 heterocycles. The van der Waals surface area contributed by atoms with Gasteiger partial charge in [0.2, 0.25) is 0 Å². The van der Waals surface area contributed by atoms with Crippen LogP contribution >= 0.6 is 0 Å². The Labute approximate surface area is 117 Å². The van der Waals surface area contributed by atoms with Gasteiger partial charge in [-0.15, -0.1) is 0 Å². The van der Waals surface area contributed by atoms with Gasteiger partial charge in [0.1, 0.15) is 5.75 Å². The highest BCUT2D eigenvalue weighted by molar-refractivity contribution is 5.93. The third kappa shape index (κ3) is 2.91. The zero-order valence-electron chi connectivity index (χ0n) is 11.3. The summed E-state index contributed by atoms with van der Waals surface area (Å²) in [5.74, 6) is -0.506. The number of ether oxygens (including phenoxy) is 1. The SMILES string of the molecule is CCCOc1cc(C(=O)O)cc(N)c1-c1ccccc1. The Hall–Kier alpha value is -2.49. The second-order valence-electron chi connectivity index (χ2n) is 4.46. The van der Waals surface area contributed by atoms with Gasteiger partial charge in [0.25, 0.3) is 0 Å². The van der Waals surface area contributed by atoms with Crippen LogP contribution in [0, 0.1) is 0 Å². The van der Waals surface area contributed by atoms with E-state index in [0.29, 0.717) is 18.0 Å². The Balaban J connectivity index is 2.56. The van der Waals surface area contributed by atoms with Crippen molar-refractivity contribution in [1.29, 1.82) is 0 Å². The summed E-state index contributed by atoms with van der Waals surface area (Å²) in [6.45, 7) is 2.51. The highest BCUT2D eigenvalue weighted by Crippen LogP contribution is 2.36. The molecule has 20 heavy (non-hydrogen) atoms. The van der Waals surface area contributed by atoms with Crippen LogP contribution in [-0.2, 0) is 0 Å². The van der Waals surface area contributed by atoms with Crippen molar-refractivity contribution in [3.63, 3.8) is 0 Å². The third-order valence-corrected chi connectivity index (χ3v) is 2.90. The monoisotopic (exact) mass is 271 g/mol. The molecule has 2 rings (SSSR count). The molecule has 4 nitrogen and oxygen atoms in total. The first-order valence-electron chi connectivity index (χ1n) is 6.48. The number of carboxylic acids is 1. The number of carboxylic acid groups (broad SMARTS) is 1. The van der Waals surface area contributed by atoms with E-state index in [2.05, 4.69) is 0 Å². The molecule has 104 valence electrons. The summed E-state index contributed by atoms with van der Waals surface area (Å²) in [5.41, 5.74) is 8.21. The van der Waals surface area contributed by atoms with Gasteiger partial charge >= 0.3 is 5.97 Å². The molecular formula is C16H17NO3. The molecular weight excluding hydrogens is 254 g/mol. The predicted molar refractivity (Wildman–Crippen MR) is 79.0 cm³/mol. The van der Waals surface area contributed by atoms with E-state index in [1.54, 1.807) is 0 Å². The van der Waals surface area contributed by atoms with Crippen molar-refractivity contribution in [3.8, 4) is 16.9 Å². The molecule has 0 spiro atoms. The molecule has 0 aliphatic rings. The minimum atomic E-state index is -1.02. The van der Waals surface area contributed by atoms with Crippen molar-refractivity contribution in [2.45, 2.75) is 13.3 Å². The van der Waals surface area contributed by atoms with Crippen LogP contribution in [0.1, 0.15) is 23.7 Å². The molecule has 2 aromatic carbocycles. The molecule has 3 N–H and O–H groups in total. The van der Waals surface area contributed by atoms with Crippen LogP contribution in [0.5, 0.6) is 5.75 Å². The average Bonchev–Trinajstić information content (AvgIpc) is 2.45. The minimum absolute atomic E-state index is 0.133. The lowest BCUT2D eigenvalue weighted by molar-refractivity contribution is 0.0696. The Morgan fingerprint density at radius 2 is 1.95 bits per heavy atom. The molecule has 0 bridgehead atoms. The van der Waals surface area contributed by atoms with Crippen LogP contribution in [0.3, 0.4) is 0 Å². The fraction of sp³-hybridized carbons (Fsp3) is 0.188. The Bertz CT molecular complexity index is 609. The van der Waals surface area contributed by atoms with Gasteiger partial charge in [-0.1, -0.05) is 37.3 Å². The zero-order chi connectivity index (χ0) is 14.5. The van der Waals surface area contributed by atoms with E-state index in [-0.39, 0.29) is 5.56 Å². The maximum absolute atomic E-state index is 11.1. The van der Waals surface area contributed by atoms with E-state index in [1.165, 1.54) is 12.1 Å². The van der Waals surface area contributed by atoms with Crippen LogP contribution in [0.15, 0.2) is 42.5 Å². The lowest BCUT2D eigenvalue weighted by Crippen LogP contribution is -2.04. The highest BCUT2D eigenvalue weighted by atomic mass is 16.5. The molecule has 0 fully saturated rings. The van der Waals surface area contributed by atoms with E-state index in [4.69, 9.17) is 15.6 Å². The Morgan fingerprint density at radius 1 is 1.25 bits per heavy atom. The van der Waals surface area contributed by atoms with Crippen molar-refractivity contribution < 1.29 is 14.6 Å². The first kappa shape index (κ1) is 13.9. The van der Waals surface area contributed by atoms with Crippen molar-refractivity contribution in [2.75, 3.05) is 12.3 Å². The maximum atomic E-state index is 11.1. The lowest BCUT2D eigenvalue weighted by atomic mass is 10.0. The van der Waals surface area contributed by atoms with Gasteiger partial charge < -0.3 is 15.6 Å². The first-order valence-corrected chi connectivity index (χ1v) is 6.48. The van der Waals surface area contributed by atoms with Gasteiger partial charge in [-0.3, -0.25) is 0 Å². The summed E-state index contributed by atoms with van der Waals surface area (Å²) in [5, 5.41) is 9.11. The van der Waals surface area contributed by atoms with E-state index < -0.39 is 5.97 Å². The number of anilines is 1. The van der Waals surface area contributed by atoms with Gasteiger partial charge in [-0.2, -0.15) is 0 Å². The van der Waals surface area contributed by atoms with Crippen molar-refractivity contribution in [3.05, 3.63) is 48.0 Å².